The number of aliphatic hydroxyl groups is 1. The van der Waals surface area contributed by atoms with E-state index in [1.165, 1.54) is 0 Å². The van der Waals surface area contributed by atoms with E-state index in [-0.39, 0.29) is 0 Å². The average molecular weight is 268 g/mol. The van der Waals surface area contributed by atoms with E-state index in [1.807, 2.05) is 49.4 Å². The normalized spacial score (nSPS) is 12.6. The van der Waals surface area contributed by atoms with Gasteiger partial charge in [-0.25, -0.2) is 0 Å². The van der Waals surface area contributed by atoms with Gasteiger partial charge in [0.1, 0.15) is 17.4 Å². The summed E-state index contributed by atoms with van der Waals surface area (Å²) < 4.78 is 10.7. The second kappa shape index (κ2) is 5.02. The van der Waals surface area contributed by atoms with Crippen LogP contribution in [-0.2, 0) is 0 Å². The van der Waals surface area contributed by atoms with Gasteiger partial charge in [0, 0.05) is 10.9 Å². The Morgan fingerprint density at radius 1 is 1.10 bits per heavy atom. The van der Waals surface area contributed by atoms with Crippen LogP contribution in [0.5, 0.6) is 5.75 Å². The number of hydrogen-bond donors (Lipinski definition) is 1. The third-order valence-corrected chi connectivity index (χ3v) is 3.58. The number of ether oxygens (including phenoxy) is 1. The van der Waals surface area contributed by atoms with Gasteiger partial charge in [0.05, 0.1) is 13.4 Å². The van der Waals surface area contributed by atoms with Crippen molar-refractivity contribution in [2.24, 2.45) is 0 Å². The molecule has 3 nitrogen and oxygen atoms in total. The van der Waals surface area contributed by atoms with E-state index in [2.05, 4.69) is 0 Å². The Labute approximate surface area is 117 Å². The Kier molecular flexibility index (Phi) is 3.20. The van der Waals surface area contributed by atoms with Crippen LogP contribution in [0.4, 0.5) is 0 Å². The fourth-order valence-electron chi connectivity index (χ4n) is 2.46. The van der Waals surface area contributed by atoms with E-state index in [1.54, 1.807) is 13.4 Å². The third kappa shape index (κ3) is 2.06. The van der Waals surface area contributed by atoms with Gasteiger partial charge in [-0.2, -0.15) is 0 Å². The van der Waals surface area contributed by atoms with E-state index in [0.717, 1.165) is 33.4 Å². The molecule has 0 amide bonds. The largest absolute Gasteiger partial charge is 0.497 e. The Bertz CT molecular complexity index is 743. The van der Waals surface area contributed by atoms with Gasteiger partial charge >= 0.3 is 0 Å². The average Bonchev–Trinajstić information content (AvgIpc) is 2.90. The molecule has 0 saturated carbocycles. The molecule has 2 aromatic carbocycles. The standard InChI is InChI=1S/C17H16O3/c1-11-9-12(19-2)7-8-13(11)17(18)15-10-20-16-6-4-3-5-14(15)16/h3-10,17-18H,1-2H3. The molecule has 1 atom stereocenters. The van der Waals surface area contributed by atoms with Gasteiger partial charge in [-0.05, 0) is 36.2 Å². The van der Waals surface area contributed by atoms with Crippen LogP contribution in [0.15, 0.2) is 53.1 Å². The highest BCUT2D eigenvalue weighted by atomic mass is 16.5. The first kappa shape index (κ1) is 12.8. The first-order valence-electron chi connectivity index (χ1n) is 6.49. The van der Waals surface area contributed by atoms with E-state index in [0.29, 0.717) is 0 Å². The summed E-state index contributed by atoms with van der Waals surface area (Å²) in [5, 5.41) is 11.6. The summed E-state index contributed by atoms with van der Waals surface area (Å²) in [6.45, 7) is 1.96. The molecule has 1 aromatic heterocycles. The highest BCUT2D eigenvalue weighted by Crippen LogP contribution is 2.32. The zero-order chi connectivity index (χ0) is 14.1. The molecule has 20 heavy (non-hydrogen) atoms. The van der Waals surface area contributed by atoms with Gasteiger partial charge in [0.15, 0.2) is 0 Å². The van der Waals surface area contributed by atoms with Crippen LogP contribution >= 0.6 is 0 Å². The molecule has 0 aliphatic heterocycles. The summed E-state index contributed by atoms with van der Waals surface area (Å²) in [7, 11) is 1.63. The SMILES string of the molecule is COc1ccc(C(O)c2coc3ccccc23)c(C)c1. The van der Waals surface area contributed by atoms with Crippen LogP contribution in [0.25, 0.3) is 11.0 Å². The molecular formula is C17H16O3. The lowest BCUT2D eigenvalue weighted by atomic mass is 9.97. The molecule has 0 aliphatic rings. The summed E-state index contributed by atoms with van der Waals surface area (Å²) in [6.07, 6.45) is 0.920. The number of para-hydroxylation sites is 1. The zero-order valence-electron chi connectivity index (χ0n) is 11.5. The fourth-order valence-corrected chi connectivity index (χ4v) is 2.46. The lowest BCUT2D eigenvalue weighted by Crippen LogP contribution is -2.01. The molecule has 3 rings (SSSR count). The number of aliphatic hydroxyl groups excluding tert-OH is 1. The van der Waals surface area contributed by atoms with Crippen LogP contribution in [-0.4, -0.2) is 12.2 Å². The smallest absolute Gasteiger partial charge is 0.134 e. The second-order valence-corrected chi connectivity index (χ2v) is 4.81. The molecule has 0 bridgehead atoms. The Morgan fingerprint density at radius 2 is 1.90 bits per heavy atom. The molecule has 3 heteroatoms. The van der Waals surface area contributed by atoms with Crippen molar-refractivity contribution in [2.75, 3.05) is 7.11 Å². The lowest BCUT2D eigenvalue weighted by molar-refractivity contribution is 0.219. The summed E-state index contributed by atoms with van der Waals surface area (Å²) in [5.74, 6) is 0.788. The van der Waals surface area contributed by atoms with Gasteiger partial charge in [-0.1, -0.05) is 24.3 Å². The zero-order valence-corrected chi connectivity index (χ0v) is 11.5. The lowest BCUT2D eigenvalue weighted by Gasteiger charge is -2.13. The maximum Gasteiger partial charge on any atom is 0.134 e. The summed E-state index contributed by atoms with van der Waals surface area (Å²) in [6, 6.07) is 13.4. The van der Waals surface area contributed by atoms with Crippen molar-refractivity contribution in [3.05, 3.63) is 65.4 Å². The number of fused-ring (bicyclic) bond motifs is 1. The van der Waals surface area contributed by atoms with E-state index in [4.69, 9.17) is 9.15 Å². The van der Waals surface area contributed by atoms with Gasteiger partial charge in [0.25, 0.3) is 0 Å². The molecule has 0 fully saturated rings. The number of benzene rings is 2. The quantitative estimate of drug-likeness (QED) is 0.785. The van der Waals surface area contributed by atoms with Gasteiger partial charge in [0.2, 0.25) is 0 Å². The maximum absolute atomic E-state index is 10.6. The molecule has 0 saturated heterocycles. The molecule has 0 spiro atoms. The van der Waals surface area contributed by atoms with Gasteiger partial charge in [-0.3, -0.25) is 0 Å². The van der Waals surface area contributed by atoms with Crippen molar-refractivity contribution >= 4 is 11.0 Å². The predicted molar refractivity (Wildman–Crippen MR) is 78.0 cm³/mol. The highest BCUT2D eigenvalue weighted by molar-refractivity contribution is 5.81. The van der Waals surface area contributed by atoms with E-state index >= 15 is 0 Å². The predicted octanol–water partition coefficient (Wildman–Crippen LogP) is 3.83. The first-order chi connectivity index (χ1) is 9.70. The second-order valence-electron chi connectivity index (χ2n) is 4.81. The van der Waals surface area contributed by atoms with Crippen molar-refractivity contribution in [3.63, 3.8) is 0 Å². The minimum absolute atomic E-state index is 0.704. The third-order valence-electron chi connectivity index (χ3n) is 3.58. The van der Waals surface area contributed by atoms with Crippen LogP contribution in [0, 0.1) is 6.92 Å². The molecule has 1 N–H and O–H groups in total. The minimum atomic E-state index is -0.704. The number of furan rings is 1. The molecular weight excluding hydrogens is 252 g/mol. The van der Waals surface area contributed by atoms with E-state index in [9.17, 15) is 5.11 Å². The van der Waals surface area contributed by atoms with Crippen LogP contribution in [0.2, 0.25) is 0 Å². The van der Waals surface area contributed by atoms with Crippen molar-refractivity contribution < 1.29 is 14.3 Å². The van der Waals surface area contributed by atoms with Crippen molar-refractivity contribution in [2.45, 2.75) is 13.0 Å². The number of aryl methyl sites for hydroxylation is 1. The Balaban J connectivity index is 2.06. The molecule has 0 aliphatic carbocycles. The fraction of sp³-hybridized carbons (Fsp3) is 0.176. The molecule has 102 valence electrons. The first-order valence-corrected chi connectivity index (χ1v) is 6.49. The topological polar surface area (TPSA) is 42.6 Å². The number of methoxy groups -OCH3 is 1. The number of hydrogen-bond acceptors (Lipinski definition) is 3. The molecule has 1 unspecified atom stereocenters. The van der Waals surface area contributed by atoms with Crippen LogP contribution in [0.3, 0.4) is 0 Å². The summed E-state index contributed by atoms with van der Waals surface area (Å²) in [4.78, 5) is 0. The van der Waals surface area contributed by atoms with Crippen LogP contribution in [0.1, 0.15) is 22.8 Å². The minimum Gasteiger partial charge on any atom is -0.497 e. The van der Waals surface area contributed by atoms with Crippen molar-refractivity contribution in [3.8, 4) is 5.75 Å². The van der Waals surface area contributed by atoms with Gasteiger partial charge in [-0.15, -0.1) is 0 Å². The van der Waals surface area contributed by atoms with Gasteiger partial charge < -0.3 is 14.3 Å². The van der Waals surface area contributed by atoms with Crippen molar-refractivity contribution in [1.82, 2.24) is 0 Å². The summed E-state index contributed by atoms with van der Waals surface area (Å²) in [5.41, 5.74) is 3.42. The Morgan fingerprint density at radius 3 is 2.65 bits per heavy atom. The monoisotopic (exact) mass is 268 g/mol. The molecule has 0 radical (unpaired) electrons. The summed E-state index contributed by atoms with van der Waals surface area (Å²) >= 11 is 0. The highest BCUT2D eigenvalue weighted by Gasteiger charge is 2.18. The maximum atomic E-state index is 10.6. The van der Waals surface area contributed by atoms with Crippen LogP contribution < -0.4 is 4.74 Å². The number of rotatable bonds is 3. The Hall–Kier alpha value is -2.26. The molecule has 3 aromatic rings. The molecule has 1 heterocycles. The van der Waals surface area contributed by atoms with Crippen molar-refractivity contribution in [1.29, 1.82) is 0 Å². The van der Waals surface area contributed by atoms with E-state index < -0.39 is 6.10 Å².